The Morgan fingerprint density at radius 1 is 1.15 bits per heavy atom. The first-order valence-corrected chi connectivity index (χ1v) is 9.79. The summed E-state index contributed by atoms with van der Waals surface area (Å²) in [4.78, 5) is 32.9. The molecule has 0 radical (unpaired) electrons. The van der Waals surface area contributed by atoms with E-state index in [4.69, 9.17) is 17.3 Å². The number of piperazine rings is 1. The van der Waals surface area contributed by atoms with Crippen LogP contribution in [0.4, 0.5) is 0 Å². The van der Waals surface area contributed by atoms with E-state index in [0.717, 1.165) is 10.6 Å². The van der Waals surface area contributed by atoms with Gasteiger partial charge in [-0.15, -0.1) is 23.7 Å². The summed E-state index contributed by atoms with van der Waals surface area (Å²) in [5, 5.41) is 3.26. The van der Waals surface area contributed by atoms with Crippen LogP contribution < -0.4 is 5.73 Å². The van der Waals surface area contributed by atoms with Crippen molar-refractivity contribution in [3.8, 4) is 0 Å². The predicted molar refractivity (Wildman–Crippen MR) is 110 cm³/mol. The molecule has 146 valence electrons. The normalized spacial score (nSPS) is 14.0. The van der Waals surface area contributed by atoms with Gasteiger partial charge in [0.25, 0.3) is 5.91 Å². The Kier molecular flexibility index (Phi) is 8.04. The molecule has 0 saturated carbocycles. The Labute approximate surface area is 173 Å². The van der Waals surface area contributed by atoms with Crippen LogP contribution >= 0.6 is 35.3 Å². The standard InChI is InChI=1S/C18H21ClN4O2S.ClH/c19-14-4-2-1-3-13(14)11-17(24)22-7-9-23(10-8-22)18(25)15-12-26-16(21-15)5-6-20;/h1-4,12H,5-11,20H2;1H. The zero-order valence-corrected chi connectivity index (χ0v) is 17.2. The number of hydrogen-bond donors (Lipinski definition) is 1. The van der Waals surface area contributed by atoms with Crippen molar-refractivity contribution in [2.75, 3.05) is 32.7 Å². The third-order valence-electron chi connectivity index (χ3n) is 4.35. The van der Waals surface area contributed by atoms with Crippen LogP contribution in [-0.4, -0.2) is 59.3 Å². The average Bonchev–Trinajstić information content (AvgIpc) is 3.12. The summed E-state index contributed by atoms with van der Waals surface area (Å²) < 4.78 is 0. The van der Waals surface area contributed by atoms with Gasteiger partial charge in [-0.2, -0.15) is 0 Å². The molecule has 27 heavy (non-hydrogen) atoms. The first-order valence-electron chi connectivity index (χ1n) is 8.53. The lowest BCUT2D eigenvalue weighted by atomic mass is 10.1. The molecule has 2 heterocycles. The molecule has 6 nitrogen and oxygen atoms in total. The van der Waals surface area contributed by atoms with Crippen LogP contribution in [0.25, 0.3) is 0 Å². The number of carbonyl (C=O) groups is 2. The van der Waals surface area contributed by atoms with Crippen molar-refractivity contribution >= 4 is 47.2 Å². The van der Waals surface area contributed by atoms with E-state index >= 15 is 0 Å². The molecule has 2 N–H and O–H groups in total. The summed E-state index contributed by atoms with van der Waals surface area (Å²) in [5.41, 5.74) is 6.82. The molecular formula is C18H22Cl2N4O2S. The SMILES string of the molecule is Cl.NCCc1nc(C(=O)N2CCN(C(=O)Cc3ccccc3Cl)CC2)cs1. The molecule has 0 spiro atoms. The first-order chi connectivity index (χ1) is 12.6. The maximum atomic E-state index is 12.5. The maximum Gasteiger partial charge on any atom is 0.273 e. The largest absolute Gasteiger partial charge is 0.339 e. The van der Waals surface area contributed by atoms with Gasteiger partial charge in [-0.25, -0.2) is 4.98 Å². The quantitative estimate of drug-likeness (QED) is 0.791. The zero-order chi connectivity index (χ0) is 18.5. The molecule has 1 fully saturated rings. The minimum atomic E-state index is -0.0808. The third kappa shape index (κ3) is 5.42. The molecule has 0 aliphatic carbocycles. The van der Waals surface area contributed by atoms with Gasteiger partial charge in [-0.3, -0.25) is 9.59 Å². The fraction of sp³-hybridized carbons (Fsp3) is 0.389. The van der Waals surface area contributed by atoms with Gasteiger partial charge in [0, 0.05) is 43.0 Å². The van der Waals surface area contributed by atoms with Gasteiger partial charge in [0.15, 0.2) is 0 Å². The summed E-state index contributed by atoms with van der Waals surface area (Å²) in [6.45, 7) is 2.59. The highest BCUT2D eigenvalue weighted by molar-refractivity contribution is 7.09. The second-order valence-corrected chi connectivity index (χ2v) is 7.46. The summed E-state index contributed by atoms with van der Waals surface area (Å²) in [7, 11) is 0. The van der Waals surface area contributed by atoms with Crippen molar-refractivity contribution in [1.29, 1.82) is 0 Å². The fourth-order valence-electron chi connectivity index (χ4n) is 2.88. The number of carbonyl (C=O) groups excluding carboxylic acids is 2. The highest BCUT2D eigenvalue weighted by atomic mass is 35.5. The minimum absolute atomic E-state index is 0. The van der Waals surface area contributed by atoms with Crippen molar-refractivity contribution in [1.82, 2.24) is 14.8 Å². The van der Waals surface area contributed by atoms with Crippen LogP contribution in [0, 0.1) is 0 Å². The van der Waals surface area contributed by atoms with Crippen LogP contribution in [0.2, 0.25) is 5.02 Å². The summed E-state index contributed by atoms with van der Waals surface area (Å²) in [5.74, 6) is -0.0492. The van der Waals surface area contributed by atoms with Crippen molar-refractivity contribution in [3.63, 3.8) is 0 Å². The Morgan fingerprint density at radius 3 is 2.48 bits per heavy atom. The van der Waals surface area contributed by atoms with Crippen molar-refractivity contribution in [2.45, 2.75) is 12.8 Å². The first kappa shape index (κ1) is 21.6. The fourth-order valence-corrected chi connectivity index (χ4v) is 3.88. The van der Waals surface area contributed by atoms with Gasteiger partial charge in [0.2, 0.25) is 5.91 Å². The molecule has 0 unspecified atom stereocenters. The Balaban J connectivity index is 0.00000261. The lowest BCUT2D eigenvalue weighted by Crippen LogP contribution is -2.51. The van der Waals surface area contributed by atoms with E-state index in [1.54, 1.807) is 21.2 Å². The van der Waals surface area contributed by atoms with Crippen LogP contribution in [0.15, 0.2) is 29.6 Å². The zero-order valence-electron chi connectivity index (χ0n) is 14.8. The molecule has 3 rings (SSSR count). The van der Waals surface area contributed by atoms with Gasteiger partial charge in [0.1, 0.15) is 5.69 Å². The monoisotopic (exact) mass is 428 g/mol. The van der Waals surface area contributed by atoms with Crippen molar-refractivity contribution in [3.05, 3.63) is 50.9 Å². The number of nitrogens with zero attached hydrogens (tertiary/aromatic N) is 3. The summed E-state index contributed by atoms with van der Waals surface area (Å²) >= 11 is 7.59. The highest BCUT2D eigenvalue weighted by Crippen LogP contribution is 2.18. The van der Waals surface area contributed by atoms with E-state index in [1.807, 2.05) is 18.2 Å². The number of benzene rings is 1. The molecule has 2 aromatic rings. The summed E-state index contributed by atoms with van der Waals surface area (Å²) in [6.07, 6.45) is 0.963. The molecule has 2 amide bonds. The Morgan fingerprint density at radius 2 is 1.81 bits per heavy atom. The number of aromatic nitrogens is 1. The van der Waals surface area contributed by atoms with Crippen LogP contribution in [-0.2, 0) is 17.6 Å². The number of amides is 2. The van der Waals surface area contributed by atoms with Crippen LogP contribution in [0.3, 0.4) is 0 Å². The molecule has 1 aromatic heterocycles. The Hall–Kier alpha value is -1.67. The van der Waals surface area contributed by atoms with E-state index in [2.05, 4.69) is 4.98 Å². The molecule has 1 saturated heterocycles. The number of rotatable bonds is 5. The van der Waals surface area contributed by atoms with Gasteiger partial charge in [0.05, 0.1) is 11.4 Å². The third-order valence-corrected chi connectivity index (χ3v) is 5.63. The highest BCUT2D eigenvalue weighted by Gasteiger charge is 2.26. The molecule has 0 bridgehead atoms. The Bertz CT molecular complexity index is 791. The van der Waals surface area contributed by atoms with Gasteiger partial charge in [-0.1, -0.05) is 29.8 Å². The van der Waals surface area contributed by atoms with Crippen molar-refractivity contribution < 1.29 is 9.59 Å². The lowest BCUT2D eigenvalue weighted by Gasteiger charge is -2.34. The second-order valence-electron chi connectivity index (χ2n) is 6.11. The smallest absolute Gasteiger partial charge is 0.273 e. The molecule has 0 atom stereocenters. The van der Waals surface area contributed by atoms with E-state index in [9.17, 15) is 9.59 Å². The second kappa shape index (κ2) is 10.0. The topological polar surface area (TPSA) is 79.5 Å². The number of nitrogens with two attached hydrogens (primary N) is 1. The molecule has 1 aromatic carbocycles. The van der Waals surface area contributed by atoms with E-state index in [1.165, 1.54) is 11.3 Å². The van der Waals surface area contributed by atoms with Gasteiger partial charge >= 0.3 is 0 Å². The molecular weight excluding hydrogens is 407 g/mol. The number of thiazole rings is 1. The van der Waals surface area contributed by atoms with E-state index in [0.29, 0.717) is 49.9 Å². The number of hydrogen-bond acceptors (Lipinski definition) is 5. The maximum absolute atomic E-state index is 12.5. The molecule has 1 aliphatic heterocycles. The van der Waals surface area contributed by atoms with E-state index < -0.39 is 0 Å². The lowest BCUT2D eigenvalue weighted by molar-refractivity contribution is -0.131. The van der Waals surface area contributed by atoms with Gasteiger partial charge in [-0.05, 0) is 18.2 Å². The van der Waals surface area contributed by atoms with Crippen LogP contribution in [0.1, 0.15) is 21.1 Å². The van der Waals surface area contributed by atoms with E-state index in [-0.39, 0.29) is 30.6 Å². The summed E-state index contributed by atoms with van der Waals surface area (Å²) in [6, 6.07) is 7.37. The minimum Gasteiger partial charge on any atom is -0.339 e. The number of halogens is 2. The van der Waals surface area contributed by atoms with Gasteiger partial charge < -0.3 is 15.5 Å². The molecule has 9 heteroatoms. The van der Waals surface area contributed by atoms with Crippen molar-refractivity contribution in [2.24, 2.45) is 5.73 Å². The molecule has 1 aliphatic rings. The predicted octanol–water partition coefficient (Wildman–Crippen LogP) is 2.25. The van der Waals surface area contributed by atoms with Crippen LogP contribution in [0.5, 0.6) is 0 Å². The average molecular weight is 429 g/mol.